The first-order chi connectivity index (χ1) is 17.9. The lowest BCUT2D eigenvalue weighted by molar-refractivity contribution is -0.181. The van der Waals surface area contributed by atoms with E-state index >= 15 is 0 Å². The van der Waals surface area contributed by atoms with E-state index in [0.717, 1.165) is 11.5 Å². The van der Waals surface area contributed by atoms with Crippen LogP contribution < -0.4 is 11.1 Å². The number of rotatable bonds is 4. The fraction of sp³-hybridized carbons (Fsp3) is 0.400. The molecule has 0 radical (unpaired) electrons. The molecule has 0 spiro atoms. The molecular weight excluding hydrogens is 516 g/mol. The minimum absolute atomic E-state index is 0.0402. The molecule has 5 N–H and O–H groups in total. The Morgan fingerprint density at radius 3 is 2.47 bits per heavy atom. The average Bonchev–Trinajstić information content (AvgIpc) is 3.38. The summed E-state index contributed by atoms with van der Waals surface area (Å²) in [7, 11) is 3.03. The molecule has 13 heteroatoms. The molecule has 38 heavy (non-hydrogen) atoms. The summed E-state index contributed by atoms with van der Waals surface area (Å²) in [5, 5.41) is 24.9. The maximum Gasteiger partial charge on any atom is 0.267 e. The van der Waals surface area contributed by atoms with Gasteiger partial charge in [0.15, 0.2) is 34.7 Å². The van der Waals surface area contributed by atoms with Crippen LogP contribution in [0, 0.1) is 23.7 Å². The average molecular weight is 541 g/mol. The second-order valence-electron chi connectivity index (χ2n) is 10.1. The monoisotopic (exact) mass is 540 g/mol. The summed E-state index contributed by atoms with van der Waals surface area (Å²) in [6.07, 6.45) is 1.42. The Kier molecular flexibility index (Phi) is 6.04. The van der Waals surface area contributed by atoms with E-state index in [1.807, 2.05) is 0 Å². The SMILES string of the molecule is CN(C)C1C(=O)C(C(N)=O)C(=O)C2(O)C(=O)C3C(=O)c4c(O)ccc(NC(=O)c5ccns5)c4CC3CC12. The van der Waals surface area contributed by atoms with Crippen molar-refractivity contribution in [2.24, 2.45) is 29.4 Å². The number of phenols is 1. The number of primary amides is 1. The number of aromatic hydroxyl groups is 1. The lowest BCUT2D eigenvalue weighted by Crippen LogP contribution is -2.74. The van der Waals surface area contributed by atoms with Gasteiger partial charge in [0.1, 0.15) is 10.6 Å². The standard InChI is InChI=1S/C25H24N4O8S/c1-29(2)18-11-8-9-7-10-12(28-24(36)14-5-6-27-38-14)3-4-13(30)16(10)19(31)15(9)21(33)25(11,37)22(34)17(20(18)32)23(26)35/h3-6,9,11,15,17-18,30,37H,7-8H2,1-2H3,(H2,26,35)(H,28,36). The van der Waals surface area contributed by atoms with Crippen LogP contribution >= 0.6 is 11.5 Å². The highest BCUT2D eigenvalue weighted by Crippen LogP contribution is 2.51. The van der Waals surface area contributed by atoms with Crippen molar-refractivity contribution in [3.8, 4) is 5.75 Å². The molecule has 3 aliphatic rings. The summed E-state index contributed by atoms with van der Waals surface area (Å²) < 4.78 is 3.89. The van der Waals surface area contributed by atoms with Crippen molar-refractivity contribution in [2.45, 2.75) is 24.5 Å². The zero-order chi connectivity index (χ0) is 27.7. The zero-order valence-electron chi connectivity index (χ0n) is 20.3. The van der Waals surface area contributed by atoms with E-state index in [4.69, 9.17) is 5.73 Å². The van der Waals surface area contributed by atoms with Gasteiger partial charge in [0.25, 0.3) is 5.91 Å². The van der Waals surface area contributed by atoms with E-state index in [1.165, 1.54) is 43.4 Å². The smallest absolute Gasteiger partial charge is 0.267 e. The number of nitrogens with zero attached hydrogens (tertiary/aromatic N) is 2. The summed E-state index contributed by atoms with van der Waals surface area (Å²) in [6.45, 7) is 0. The van der Waals surface area contributed by atoms with E-state index in [9.17, 15) is 39.0 Å². The highest BCUT2D eigenvalue weighted by molar-refractivity contribution is 7.08. The summed E-state index contributed by atoms with van der Waals surface area (Å²) in [4.78, 5) is 80.3. The van der Waals surface area contributed by atoms with Gasteiger partial charge < -0.3 is 21.3 Å². The van der Waals surface area contributed by atoms with Crippen LogP contribution in [0.4, 0.5) is 5.69 Å². The number of nitrogens with two attached hydrogens (primary N) is 1. The molecule has 2 amide bonds. The van der Waals surface area contributed by atoms with Crippen LogP contribution in [0.3, 0.4) is 0 Å². The van der Waals surface area contributed by atoms with E-state index < -0.39 is 76.0 Å². The van der Waals surface area contributed by atoms with E-state index in [0.29, 0.717) is 10.4 Å². The van der Waals surface area contributed by atoms with E-state index in [-0.39, 0.29) is 24.1 Å². The van der Waals surface area contributed by atoms with E-state index in [2.05, 4.69) is 9.69 Å². The van der Waals surface area contributed by atoms with Crippen molar-refractivity contribution < 1.29 is 39.0 Å². The number of carbonyl (C=O) groups excluding carboxylic acids is 6. The number of aromatic nitrogens is 1. The number of anilines is 1. The molecule has 6 unspecified atom stereocenters. The Labute approximate surface area is 220 Å². The van der Waals surface area contributed by atoms with Gasteiger partial charge in [-0.25, -0.2) is 4.37 Å². The van der Waals surface area contributed by atoms with Gasteiger partial charge in [0, 0.05) is 17.8 Å². The van der Waals surface area contributed by atoms with Gasteiger partial charge in [0.05, 0.1) is 17.5 Å². The number of hydrogen-bond acceptors (Lipinski definition) is 11. The number of likely N-dealkylation sites (N-methyl/N-ethyl adjacent to an activating group) is 1. The molecule has 1 aromatic carbocycles. The third-order valence-corrected chi connectivity index (χ3v) is 8.60. The predicted molar refractivity (Wildman–Crippen MR) is 131 cm³/mol. The number of nitrogens with one attached hydrogen (secondary N) is 1. The van der Waals surface area contributed by atoms with Gasteiger partial charge >= 0.3 is 0 Å². The number of ketones is 4. The number of aliphatic hydroxyl groups is 1. The van der Waals surface area contributed by atoms with Crippen molar-refractivity contribution in [2.75, 3.05) is 19.4 Å². The number of Topliss-reactive ketones (excluding diaryl/α,β-unsaturated/α-hetero) is 4. The first kappa shape index (κ1) is 25.8. The third-order valence-electron chi connectivity index (χ3n) is 7.85. The Balaban J connectivity index is 1.59. The first-order valence-electron chi connectivity index (χ1n) is 11.8. The number of hydrogen-bond donors (Lipinski definition) is 4. The maximum atomic E-state index is 13.8. The molecule has 198 valence electrons. The Hall–Kier alpha value is -3.81. The fourth-order valence-electron chi connectivity index (χ4n) is 6.24. The van der Waals surface area contributed by atoms with Crippen molar-refractivity contribution in [3.63, 3.8) is 0 Å². The molecule has 0 aliphatic heterocycles. The van der Waals surface area contributed by atoms with Crippen molar-refractivity contribution in [1.29, 1.82) is 0 Å². The van der Waals surface area contributed by atoms with Gasteiger partial charge in [-0.1, -0.05) is 0 Å². The summed E-state index contributed by atoms with van der Waals surface area (Å²) in [5.74, 6) is -11.8. The molecule has 0 saturated heterocycles. The number of phenolic OH excluding ortho intramolecular Hbond substituents is 1. The van der Waals surface area contributed by atoms with Crippen LogP contribution in [0.25, 0.3) is 0 Å². The number of fused-ring (bicyclic) bond motifs is 3. The third kappa shape index (κ3) is 3.53. The summed E-state index contributed by atoms with van der Waals surface area (Å²) >= 11 is 0.975. The first-order valence-corrected chi connectivity index (χ1v) is 12.6. The maximum absolute atomic E-state index is 13.8. The molecule has 2 saturated carbocycles. The number of carbonyl (C=O) groups is 6. The summed E-state index contributed by atoms with van der Waals surface area (Å²) in [5.41, 5.74) is 2.89. The predicted octanol–water partition coefficient (Wildman–Crippen LogP) is -0.424. The second kappa shape index (κ2) is 8.89. The number of amides is 2. The van der Waals surface area contributed by atoms with Gasteiger partial charge in [-0.3, -0.25) is 33.7 Å². The van der Waals surface area contributed by atoms with E-state index in [1.54, 1.807) is 0 Å². The van der Waals surface area contributed by atoms with Crippen LogP contribution in [0.1, 0.15) is 32.0 Å². The Morgan fingerprint density at radius 2 is 1.87 bits per heavy atom. The summed E-state index contributed by atoms with van der Waals surface area (Å²) in [6, 6.07) is 2.98. The molecule has 5 rings (SSSR count). The van der Waals surface area contributed by atoms with Crippen LogP contribution in [-0.2, 0) is 25.6 Å². The molecule has 1 heterocycles. The molecule has 6 atom stereocenters. The fourth-order valence-corrected chi connectivity index (χ4v) is 6.73. The minimum atomic E-state index is -2.79. The van der Waals surface area contributed by atoms with Crippen LogP contribution in [0.15, 0.2) is 24.4 Å². The van der Waals surface area contributed by atoms with Crippen LogP contribution in [-0.4, -0.2) is 80.2 Å². The molecule has 3 aliphatic carbocycles. The lowest BCUT2D eigenvalue weighted by atomic mass is 9.52. The molecule has 1 aromatic heterocycles. The van der Waals surface area contributed by atoms with Crippen LogP contribution in [0.5, 0.6) is 5.75 Å². The molecular formula is C25H24N4O8S. The normalized spacial score (nSPS) is 30.5. The van der Waals surface area contributed by atoms with Crippen LogP contribution in [0.2, 0.25) is 0 Å². The number of benzene rings is 1. The molecule has 12 nitrogen and oxygen atoms in total. The largest absolute Gasteiger partial charge is 0.507 e. The van der Waals surface area contributed by atoms with Gasteiger partial charge in [-0.15, -0.1) is 0 Å². The lowest BCUT2D eigenvalue weighted by Gasteiger charge is -2.52. The van der Waals surface area contributed by atoms with Gasteiger partial charge in [-0.05, 0) is 68.1 Å². The highest BCUT2D eigenvalue weighted by Gasteiger charge is 2.69. The Morgan fingerprint density at radius 1 is 1.16 bits per heavy atom. The van der Waals surface area contributed by atoms with Crippen molar-refractivity contribution in [1.82, 2.24) is 9.27 Å². The van der Waals surface area contributed by atoms with Gasteiger partial charge in [0.2, 0.25) is 5.91 Å². The highest BCUT2D eigenvalue weighted by atomic mass is 32.1. The Bertz CT molecular complexity index is 1420. The molecule has 2 aromatic rings. The molecule has 0 bridgehead atoms. The van der Waals surface area contributed by atoms with Gasteiger partial charge in [-0.2, -0.15) is 0 Å². The van der Waals surface area contributed by atoms with Crippen molar-refractivity contribution >= 4 is 52.2 Å². The van der Waals surface area contributed by atoms with Crippen molar-refractivity contribution in [3.05, 3.63) is 40.4 Å². The second-order valence-corrected chi connectivity index (χ2v) is 10.9. The quantitative estimate of drug-likeness (QED) is 0.292. The molecule has 2 fully saturated rings. The zero-order valence-corrected chi connectivity index (χ0v) is 21.2. The minimum Gasteiger partial charge on any atom is -0.507 e. The topological polar surface area (TPSA) is 197 Å².